The molecule has 0 spiro atoms. The fourth-order valence-corrected chi connectivity index (χ4v) is 3.74. The highest BCUT2D eigenvalue weighted by Crippen LogP contribution is 2.25. The van der Waals surface area contributed by atoms with Crippen LogP contribution >= 0.6 is 0 Å². The Morgan fingerprint density at radius 3 is 2.11 bits per heavy atom. The predicted octanol–water partition coefficient (Wildman–Crippen LogP) is 5.47. The normalized spacial score (nSPS) is 20.4. The second kappa shape index (κ2) is 13.4. The first-order valence-corrected chi connectivity index (χ1v) is 11.5. The summed E-state index contributed by atoms with van der Waals surface area (Å²) in [7, 11) is 4.10. The van der Waals surface area contributed by atoms with Gasteiger partial charge in [0.1, 0.15) is 5.60 Å². The van der Waals surface area contributed by atoms with Crippen LogP contribution in [-0.2, 0) is 9.47 Å². The second-order valence-corrected chi connectivity index (χ2v) is 9.46. The number of carbonyl (C=O) groups is 1. The number of carbonyl (C=O) groups excluding carboxylic acids is 1. The largest absolute Gasteiger partial charge is 0.444 e. The lowest BCUT2D eigenvalue weighted by Gasteiger charge is -2.35. The standard InChI is InChI=1S/C23H46N2O3/c1-7-8-10-17-24(5)18-11-9-12-19-27-21-15-13-20(14-16-21)25(6)22(26)28-23(2,3)4/h20-21H,7-19H2,1-6H3/t20-,21-. The minimum Gasteiger partial charge on any atom is -0.444 e. The maximum Gasteiger partial charge on any atom is 0.410 e. The van der Waals surface area contributed by atoms with Crippen molar-refractivity contribution in [1.29, 1.82) is 0 Å². The van der Waals surface area contributed by atoms with Crippen molar-refractivity contribution in [2.75, 3.05) is 33.8 Å². The van der Waals surface area contributed by atoms with Crippen molar-refractivity contribution in [3.05, 3.63) is 0 Å². The topological polar surface area (TPSA) is 42.0 Å². The Bertz CT molecular complexity index is 415. The SMILES string of the molecule is CCCCCN(C)CCCCCO[C@H]1CC[C@H](N(C)C(=O)OC(C)(C)C)CC1. The van der Waals surface area contributed by atoms with Crippen LogP contribution in [0.1, 0.15) is 91.9 Å². The van der Waals surface area contributed by atoms with Crippen molar-refractivity contribution in [2.24, 2.45) is 0 Å². The Labute approximate surface area is 174 Å². The van der Waals surface area contributed by atoms with Gasteiger partial charge in [-0.15, -0.1) is 0 Å². The summed E-state index contributed by atoms with van der Waals surface area (Å²) < 4.78 is 11.6. The fourth-order valence-electron chi connectivity index (χ4n) is 3.74. The maximum absolute atomic E-state index is 12.2. The number of amides is 1. The van der Waals surface area contributed by atoms with Crippen molar-refractivity contribution in [1.82, 2.24) is 9.80 Å². The van der Waals surface area contributed by atoms with Gasteiger partial charge in [-0.1, -0.05) is 19.8 Å². The van der Waals surface area contributed by atoms with Crippen LogP contribution in [0, 0.1) is 0 Å². The molecule has 1 aliphatic carbocycles. The van der Waals surface area contributed by atoms with Crippen LogP contribution in [0.3, 0.4) is 0 Å². The highest BCUT2D eigenvalue weighted by atomic mass is 16.6. The van der Waals surface area contributed by atoms with Gasteiger partial charge in [0.05, 0.1) is 6.10 Å². The van der Waals surface area contributed by atoms with Crippen LogP contribution in [0.15, 0.2) is 0 Å². The molecule has 0 radical (unpaired) electrons. The summed E-state index contributed by atoms with van der Waals surface area (Å²) in [6.07, 6.45) is 11.9. The molecule has 0 aromatic carbocycles. The van der Waals surface area contributed by atoms with E-state index >= 15 is 0 Å². The van der Waals surface area contributed by atoms with Gasteiger partial charge in [-0.3, -0.25) is 0 Å². The van der Waals surface area contributed by atoms with Gasteiger partial charge in [0.2, 0.25) is 0 Å². The Kier molecular flexibility index (Phi) is 12.1. The predicted molar refractivity (Wildman–Crippen MR) is 117 cm³/mol. The molecule has 0 aromatic heterocycles. The molecule has 28 heavy (non-hydrogen) atoms. The van der Waals surface area contributed by atoms with Gasteiger partial charge < -0.3 is 19.3 Å². The fraction of sp³-hybridized carbons (Fsp3) is 0.957. The first kappa shape index (κ1) is 25.2. The quantitative estimate of drug-likeness (QED) is 0.409. The van der Waals surface area contributed by atoms with Gasteiger partial charge >= 0.3 is 6.09 Å². The van der Waals surface area contributed by atoms with E-state index in [0.29, 0.717) is 6.10 Å². The zero-order chi connectivity index (χ0) is 21.0. The molecule has 0 aromatic rings. The van der Waals surface area contributed by atoms with Crippen LogP contribution in [0.5, 0.6) is 0 Å². The monoisotopic (exact) mass is 398 g/mol. The third kappa shape index (κ3) is 11.3. The molecule has 0 aliphatic heterocycles. The number of rotatable bonds is 12. The summed E-state index contributed by atoms with van der Waals surface area (Å²) >= 11 is 0. The summed E-state index contributed by atoms with van der Waals surface area (Å²) in [5.74, 6) is 0. The van der Waals surface area contributed by atoms with Crippen LogP contribution in [0.2, 0.25) is 0 Å². The van der Waals surface area contributed by atoms with Gasteiger partial charge in [-0.2, -0.15) is 0 Å². The molecule has 5 nitrogen and oxygen atoms in total. The highest BCUT2D eigenvalue weighted by Gasteiger charge is 2.29. The second-order valence-electron chi connectivity index (χ2n) is 9.46. The molecular formula is C23H46N2O3. The molecule has 0 N–H and O–H groups in total. The summed E-state index contributed by atoms with van der Waals surface area (Å²) in [5, 5.41) is 0. The van der Waals surface area contributed by atoms with Gasteiger partial charge in [0, 0.05) is 19.7 Å². The molecule has 0 heterocycles. The number of hydrogen-bond acceptors (Lipinski definition) is 4. The van der Waals surface area contributed by atoms with E-state index in [4.69, 9.17) is 9.47 Å². The molecule has 1 saturated carbocycles. The van der Waals surface area contributed by atoms with Crippen molar-refractivity contribution in [3.63, 3.8) is 0 Å². The summed E-state index contributed by atoms with van der Waals surface area (Å²) in [6.45, 7) is 11.3. The lowest BCUT2D eigenvalue weighted by Crippen LogP contribution is -2.43. The average Bonchev–Trinajstić information content (AvgIpc) is 2.63. The molecular weight excluding hydrogens is 352 g/mol. The van der Waals surface area contributed by atoms with Gasteiger partial charge in [-0.05, 0) is 92.3 Å². The van der Waals surface area contributed by atoms with E-state index < -0.39 is 5.60 Å². The Morgan fingerprint density at radius 1 is 0.929 bits per heavy atom. The number of hydrogen-bond donors (Lipinski definition) is 0. The molecule has 1 aliphatic rings. The molecule has 1 amide bonds. The van der Waals surface area contributed by atoms with E-state index in [9.17, 15) is 4.79 Å². The lowest BCUT2D eigenvalue weighted by atomic mass is 9.92. The van der Waals surface area contributed by atoms with Gasteiger partial charge in [-0.25, -0.2) is 4.79 Å². The minimum absolute atomic E-state index is 0.212. The van der Waals surface area contributed by atoms with Crippen molar-refractivity contribution in [3.8, 4) is 0 Å². The highest BCUT2D eigenvalue weighted by molar-refractivity contribution is 5.68. The average molecular weight is 399 g/mol. The van der Waals surface area contributed by atoms with Gasteiger partial charge in [0.15, 0.2) is 0 Å². The molecule has 1 rings (SSSR count). The first-order chi connectivity index (χ1) is 13.2. The summed E-state index contributed by atoms with van der Waals surface area (Å²) in [6, 6.07) is 0.276. The molecule has 0 unspecified atom stereocenters. The third-order valence-corrected chi connectivity index (χ3v) is 5.55. The molecule has 1 fully saturated rings. The molecule has 166 valence electrons. The van der Waals surface area contributed by atoms with E-state index in [-0.39, 0.29) is 12.1 Å². The molecule has 0 atom stereocenters. The van der Waals surface area contributed by atoms with Crippen molar-refractivity contribution >= 4 is 6.09 Å². The van der Waals surface area contributed by atoms with E-state index in [1.165, 1.54) is 45.2 Å². The number of nitrogens with zero attached hydrogens (tertiary/aromatic N) is 2. The molecule has 0 bridgehead atoms. The molecule has 0 saturated heterocycles. The van der Waals surface area contributed by atoms with E-state index in [2.05, 4.69) is 18.9 Å². The zero-order valence-corrected chi connectivity index (χ0v) is 19.5. The van der Waals surface area contributed by atoms with Crippen molar-refractivity contribution in [2.45, 2.75) is 110 Å². The summed E-state index contributed by atoms with van der Waals surface area (Å²) in [5.41, 5.74) is -0.435. The van der Waals surface area contributed by atoms with Crippen LogP contribution < -0.4 is 0 Å². The smallest absolute Gasteiger partial charge is 0.410 e. The first-order valence-electron chi connectivity index (χ1n) is 11.5. The Balaban J connectivity index is 2.07. The van der Waals surface area contributed by atoms with E-state index in [0.717, 1.165) is 38.7 Å². The number of unbranched alkanes of at least 4 members (excludes halogenated alkanes) is 4. The van der Waals surface area contributed by atoms with Crippen LogP contribution in [-0.4, -0.2) is 67.4 Å². The lowest BCUT2D eigenvalue weighted by molar-refractivity contribution is -0.00586. The van der Waals surface area contributed by atoms with E-state index in [1.54, 1.807) is 4.90 Å². The van der Waals surface area contributed by atoms with Crippen LogP contribution in [0.25, 0.3) is 0 Å². The zero-order valence-electron chi connectivity index (χ0n) is 19.5. The minimum atomic E-state index is -0.435. The Hall–Kier alpha value is -0.810. The Morgan fingerprint density at radius 2 is 1.54 bits per heavy atom. The van der Waals surface area contributed by atoms with Gasteiger partial charge in [0.25, 0.3) is 0 Å². The number of ether oxygens (including phenoxy) is 2. The molecule has 5 heteroatoms. The van der Waals surface area contributed by atoms with Crippen LogP contribution in [0.4, 0.5) is 4.79 Å². The summed E-state index contributed by atoms with van der Waals surface area (Å²) in [4.78, 5) is 16.4. The van der Waals surface area contributed by atoms with Crippen molar-refractivity contribution < 1.29 is 14.3 Å². The maximum atomic E-state index is 12.2. The third-order valence-electron chi connectivity index (χ3n) is 5.55. The van der Waals surface area contributed by atoms with E-state index in [1.807, 2.05) is 27.8 Å².